The largest absolute Gasteiger partial charge is 0.375 e. The van der Waals surface area contributed by atoms with Gasteiger partial charge in [0.25, 0.3) is 5.91 Å². The molecule has 0 radical (unpaired) electrons. The van der Waals surface area contributed by atoms with Gasteiger partial charge >= 0.3 is 10.3 Å². The maximum atomic E-state index is 12.4. The molecule has 164 valence electrons. The number of hydrogen-bond donors (Lipinski definition) is 3. The minimum absolute atomic E-state index is 0.180. The van der Waals surface area contributed by atoms with Crippen LogP contribution in [0.15, 0.2) is 5.38 Å². The van der Waals surface area contributed by atoms with Gasteiger partial charge in [-0.3, -0.25) is 14.1 Å². The second-order valence-corrected chi connectivity index (χ2v) is 8.83. The molecule has 1 aromatic rings. The van der Waals surface area contributed by atoms with Gasteiger partial charge in [0, 0.05) is 11.9 Å². The zero-order valence-corrected chi connectivity index (χ0v) is 18.3. The van der Waals surface area contributed by atoms with Crippen LogP contribution in [-0.4, -0.2) is 82.1 Å². The van der Waals surface area contributed by atoms with E-state index in [4.69, 9.17) is 16.0 Å². The normalized spacial score (nSPS) is 22.1. The molecule has 0 bridgehead atoms. The third kappa shape index (κ3) is 4.86. The van der Waals surface area contributed by atoms with Gasteiger partial charge in [-0.15, -0.1) is 11.3 Å². The van der Waals surface area contributed by atoms with Gasteiger partial charge in [-0.2, -0.15) is 8.42 Å². The molecule has 5 N–H and O–H groups in total. The van der Waals surface area contributed by atoms with Crippen molar-refractivity contribution in [1.29, 1.82) is 0 Å². The van der Waals surface area contributed by atoms with Crippen molar-refractivity contribution in [3.8, 4) is 0 Å². The summed E-state index contributed by atoms with van der Waals surface area (Å²) < 4.78 is 31.6. The standard InChI is InChI=1S/C10H13N5O5S2.C6H15N/c11-6(4-3-21-10(12)13-4)8(16)14-2-1-5-7(14)9(17)15(5)22(18,19)20;1-4-7(5-2)6-3/h3,5-7H,1-2,11H2,(H2,12,13)(H,18,19,20);4-6H2,1-3H3/t5-,6?,7+;/m1./s1. The van der Waals surface area contributed by atoms with Crippen molar-refractivity contribution in [1.82, 2.24) is 19.1 Å². The summed E-state index contributed by atoms with van der Waals surface area (Å²) in [6, 6.07) is -2.71. The molecular weight excluding hydrogens is 420 g/mol. The van der Waals surface area contributed by atoms with E-state index >= 15 is 0 Å². The van der Waals surface area contributed by atoms with Crippen molar-refractivity contribution >= 4 is 38.6 Å². The molecule has 2 fully saturated rings. The van der Waals surface area contributed by atoms with Crippen molar-refractivity contribution < 1.29 is 22.6 Å². The first kappa shape index (κ1) is 23.5. The molecule has 0 aliphatic carbocycles. The second kappa shape index (κ2) is 9.34. The average molecular weight is 449 g/mol. The lowest BCUT2D eigenvalue weighted by Crippen LogP contribution is -2.68. The molecular formula is C16H28N6O5S2. The van der Waals surface area contributed by atoms with E-state index < -0.39 is 40.2 Å². The molecule has 2 aliphatic rings. The molecule has 2 aliphatic heterocycles. The predicted octanol–water partition coefficient (Wildman–Crippen LogP) is -0.312. The molecule has 29 heavy (non-hydrogen) atoms. The number of carbonyl (C=O) groups is 2. The topological polar surface area (TPSA) is 163 Å². The summed E-state index contributed by atoms with van der Waals surface area (Å²) in [6.45, 7) is 10.3. The van der Waals surface area contributed by atoms with E-state index in [2.05, 4.69) is 30.7 Å². The van der Waals surface area contributed by atoms with Crippen molar-refractivity contribution in [3.63, 3.8) is 0 Å². The van der Waals surface area contributed by atoms with Crippen LogP contribution in [0.1, 0.15) is 38.9 Å². The van der Waals surface area contributed by atoms with Crippen LogP contribution < -0.4 is 11.5 Å². The van der Waals surface area contributed by atoms with Crippen LogP contribution in [-0.2, 0) is 19.9 Å². The fraction of sp³-hybridized carbons (Fsp3) is 0.688. The summed E-state index contributed by atoms with van der Waals surface area (Å²) >= 11 is 1.14. The number of β-lactam (4-membered cyclic amide) rings is 1. The highest BCUT2D eigenvalue weighted by Crippen LogP contribution is 2.36. The summed E-state index contributed by atoms with van der Waals surface area (Å²) in [7, 11) is -4.60. The molecule has 1 unspecified atom stereocenters. The Kier molecular flexibility index (Phi) is 7.56. The summed E-state index contributed by atoms with van der Waals surface area (Å²) in [5.74, 6) is -1.36. The lowest BCUT2D eigenvalue weighted by molar-refractivity contribution is -0.152. The van der Waals surface area contributed by atoms with Gasteiger partial charge in [0.2, 0.25) is 5.91 Å². The number of nitrogens with zero attached hydrogens (tertiary/aromatic N) is 4. The van der Waals surface area contributed by atoms with E-state index in [1.807, 2.05) is 0 Å². The summed E-state index contributed by atoms with van der Waals surface area (Å²) in [5.41, 5.74) is 11.6. The monoisotopic (exact) mass is 448 g/mol. The van der Waals surface area contributed by atoms with Crippen LogP contribution >= 0.6 is 11.3 Å². The van der Waals surface area contributed by atoms with Gasteiger partial charge in [-0.1, -0.05) is 20.8 Å². The number of anilines is 1. The van der Waals surface area contributed by atoms with Gasteiger partial charge in [0.1, 0.15) is 12.1 Å². The maximum Gasteiger partial charge on any atom is 0.362 e. The van der Waals surface area contributed by atoms with Gasteiger partial charge < -0.3 is 21.3 Å². The Hall–Kier alpha value is -1.80. The van der Waals surface area contributed by atoms with Crippen molar-refractivity contribution in [2.75, 3.05) is 31.9 Å². The Morgan fingerprint density at radius 2 is 1.97 bits per heavy atom. The first-order valence-electron chi connectivity index (χ1n) is 9.36. The van der Waals surface area contributed by atoms with E-state index in [1.165, 1.54) is 24.5 Å². The third-order valence-corrected chi connectivity index (χ3v) is 6.78. The lowest BCUT2D eigenvalue weighted by atomic mass is 10.00. The summed E-state index contributed by atoms with van der Waals surface area (Å²) in [6.07, 6.45) is 0.258. The number of amides is 2. The van der Waals surface area contributed by atoms with Gasteiger partial charge in [-0.25, -0.2) is 9.29 Å². The molecule has 11 nitrogen and oxygen atoms in total. The molecule has 3 heterocycles. The predicted molar refractivity (Wildman–Crippen MR) is 109 cm³/mol. The first-order valence-corrected chi connectivity index (χ1v) is 11.6. The molecule has 2 saturated heterocycles. The number of hydrogen-bond acceptors (Lipinski definition) is 9. The Morgan fingerprint density at radius 3 is 2.38 bits per heavy atom. The van der Waals surface area contributed by atoms with E-state index in [0.29, 0.717) is 10.00 Å². The molecule has 2 amide bonds. The van der Waals surface area contributed by atoms with Crippen molar-refractivity contribution in [2.24, 2.45) is 5.73 Å². The molecule has 1 aromatic heterocycles. The Labute approximate surface area is 174 Å². The number of nitrogens with two attached hydrogens (primary N) is 2. The van der Waals surface area contributed by atoms with Crippen LogP contribution in [0.5, 0.6) is 0 Å². The Morgan fingerprint density at radius 1 is 1.38 bits per heavy atom. The highest BCUT2D eigenvalue weighted by atomic mass is 32.2. The first-order chi connectivity index (χ1) is 13.6. The summed E-state index contributed by atoms with van der Waals surface area (Å²) in [5, 5.41) is 1.83. The molecule has 3 rings (SSSR count). The van der Waals surface area contributed by atoms with Crippen LogP contribution in [0.2, 0.25) is 0 Å². The van der Waals surface area contributed by atoms with Crippen LogP contribution in [0.3, 0.4) is 0 Å². The maximum absolute atomic E-state index is 12.4. The van der Waals surface area contributed by atoms with Crippen molar-refractivity contribution in [3.05, 3.63) is 11.1 Å². The molecule has 3 atom stereocenters. The fourth-order valence-corrected chi connectivity index (χ4v) is 4.98. The van der Waals surface area contributed by atoms with E-state index in [-0.39, 0.29) is 18.1 Å². The van der Waals surface area contributed by atoms with Crippen LogP contribution in [0.4, 0.5) is 5.13 Å². The number of aromatic nitrogens is 1. The van der Waals surface area contributed by atoms with Gasteiger partial charge in [0.05, 0.1) is 11.7 Å². The highest BCUT2D eigenvalue weighted by molar-refractivity contribution is 7.84. The van der Waals surface area contributed by atoms with E-state index in [9.17, 15) is 18.0 Å². The Bertz CT molecular complexity index is 835. The quantitative estimate of drug-likeness (QED) is 0.391. The van der Waals surface area contributed by atoms with Gasteiger partial charge in [0.15, 0.2) is 5.13 Å². The number of carbonyl (C=O) groups excluding carboxylic acids is 2. The van der Waals surface area contributed by atoms with Crippen molar-refractivity contribution in [2.45, 2.75) is 45.3 Å². The molecule has 0 saturated carbocycles. The number of nitrogen functional groups attached to an aromatic ring is 1. The number of rotatable bonds is 6. The van der Waals surface area contributed by atoms with Crippen LogP contribution in [0.25, 0.3) is 0 Å². The second-order valence-electron chi connectivity index (χ2n) is 6.65. The molecule has 0 aromatic carbocycles. The minimum Gasteiger partial charge on any atom is -0.375 e. The number of likely N-dealkylation sites (tertiary alicyclic amines) is 1. The average Bonchev–Trinajstić information content (AvgIpc) is 3.25. The fourth-order valence-electron chi connectivity index (χ4n) is 3.48. The SMILES string of the molecule is CCN(CC)CC.Nc1nc(C(N)C(=O)N2CC[C@@H]3[C@H]2C(=O)N3S(=O)(=O)O)cs1. The van der Waals surface area contributed by atoms with Crippen LogP contribution in [0, 0.1) is 0 Å². The minimum atomic E-state index is -4.60. The van der Waals surface area contributed by atoms with E-state index in [0.717, 1.165) is 11.3 Å². The third-order valence-electron chi connectivity index (χ3n) is 5.14. The van der Waals surface area contributed by atoms with E-state index in [1.54, 1.807) is 5.38 Å². The zero-order chi connectivity index (χ0) is 21.9. The van der Waals surface area contributed by atoms with Gasteiger partial charge in [-0.05, 0) is 26.1 Å². The molecule has 13 heteroatoms. The number of fused-ring (bicyclic) bond motifs is 1. The smallest absolute Gasteiger partial charge is 0.362 e. The zero-order valence-electron chi connectivity index (χ0n) is 16.7. The lowest BCUT2D eigenvalue weighted by Gasteiger charge is -2.42. The number of thiazole rings is 1. The highest BCUT2D eigenvalue weighted by Gasteiger charge is 2.60. The Balaban J connectivity index is 0.000000370. The molecule has 0 spiro atoms. The summed E-state index contributed by atoms with van der Waals surface area (Å²) in [4.78, 5) is 31.8.